The number of hydrogen-bond acceptors (Lipinski definition) is 3. The summed E-state index contributed by atoms with van der Waals surface area (Å²) in [7, 11) is 0. The summed E-state index contributed by atoms with van der Waals surface area (Å²) >= 11 is 6.07. The first kappa shape index (κ1) is 18.9. The van der Waals surface area contributed by atoms with E-state index in [0.717, 1.165) is 33.5 Å². The van der Waals surface area contributed by atoms with Crippen LogP contribution < -0.4 is 0 Å². The first-order chi connectivity index (χ1) is 15.2. The van der Waals surface area contributed by atoms with E-state index < -0.39 is 0 Å². The first-order valence-corrected chi connectivity index (χ1v) is 10.1. The summed E-state index contributed by atoms with van der Waals surface area (Å²) in [6.07, 6.45) is 3.73. The first-order valence-electron chi connectivity index (χ1n) is 9.69. The van der Waals surface area contributed by atoms with E-state index in [0.29, 0.717) is 16.4 Å². The van der Waals surface area contributed by atoms with Crippen molar-refractivity contribution in [2.45, 2.75) is 0 Å². The molecule has 0 bridgehead atoms. The van der Waals surface area contributed by atoms with Crippen LogP contribution in [0.3, 0.4) is 0 Å². The zero-order valence-electron chi connectivity index (χ0n) is 16.3. The van der Waals surface area contributed by atoms with Crippen LogP contribution in [-0.2, 0) is 0 Å². The van der Waals surface area contributed by atoms with Crippen molar-refractivity contribution in [2.75, 3.05) is 0 Å². The highest BCUT2D eigenvalue weighted by Crippen LogP contribution is 2.28. The molecule has 0 spiro atoms. The summed E-state index contributed by atoms with van der Waals surface area (Å²) in [5.74, 6) is 0.526. The third kappa shape index (κ3) is 3.73. The van der Waals surface area contributed by atoms with E-state index in [-0.39, 0.29) is 0 Å². The molecule has 0 saturated carbocycles. The van der Waals surface area contributed by atoms with E-state index in [4.69, 9.17) is 16.7 Å². The lowest BCUT2D eigenvalue weighted by Crippen LogP contribution is -1.93. The molecule has 148 valence electrons. The summed E-state index contributed by atoms with van der Waals surface area (Å²) < 4.78 is 1.81. The molecule has 0 saturated heterocycles. The van der Waals surface area contributed by atoms with Gasteiger partial charge < -0.3 is 4.98 Å². The topological polar surface area (TPSA) is 70.3 Å². The van der Waals surface area contributed by atoms with Crippen molar-refractivity contribution in [2.24, 2.45) is 0 Å². The Morgan fingerprint density at radius 2 is 1.71 bits per heavy atom. The molecule has 31 heavy (non-hydrogen) atoms. The highest BCUT2D eigenvalue weighted by Gasteiger charge is 2.14. The lowest BCUT2D eigenvalue weighted by Gasteiger charge is -2.01. The molecule has 0 unspecified atom stereocenters. The summed E-state index contributed by atoms with van der Waals surface area (Å²) in [6.45, 7) is 0. The van der Waals surface area contributed by atoms with Crippen molar-refractivity contribution < 1.29 is 0 Å². The molecule has 0 amide bonds. The van der Waals surface area contributed by atoms with Crippen LogP contribution in [-0.4, -0.2) is 19.7 Å². The van der Waals surface area contributed by atoms with Crippen LogP contribution in [0.5, 0.6) is 0 Å². The van der Waals surface area contributed by atoms with Gasteiger partial charge in [0.25, 0.3) is 0 Å². The lowest BCUT2D eigenvalue weighted by atomic mass is 10.1. The molecular weight excluding hydrogens is 406 g/mol. The number of hydrogen-bond donors (Lipinski definition) is 1. The quantitative estimate of drug-likeness (QED) is 0.354. The van der Waals surface area contributed by atoms with E-state index in [2.05, 4.69) is 16.0 Å². The van der Waals surface area contributed by atoms with Gasteiger partial charge in [0, 0.05) is 22.3 Å². The average molecular weight is 422 g/mol. The monoisotopic (exact) mass is 421 g/mol. The largest absolute Gasteiger partial charge is 0.337 e. The normalized spacial score (nSPS) is 11.5. The van der Waals surface area contributed by atoms with Crippen molar-refractivity contribution in [1.82, 2.24) is 19.7 Å². The number of imidazole rings is 1. The zero-order valence-corrected chi connectivity index (χ0v) is 17.1. The molecule has 5 nitrogen and oxygen atoms in total. The molecule has 1 N–H and O–H groups in total. The smallest absolute Gasteiger partial charge is 0.149 e. The number of aromatic amines is 1. The number of fused-ring (bicyclic) bond motifs is 1. The average Bonchev–Trinajstić information content (AvgIpc) is 3.43. The number of benzene rings is 3. The number of H-pyrrole nitrogens is 1. The minimum absolute atomic E-state index is 0.430. The number of nitriles is 1. The number of aromatic nitrogens is 4. The second-order valence-electron chi connectivity index (χ2n) is 6.99. The Hall–Kier alpha value is -4.14. The second kappa shape index (κ2) is 7.94. The lowest BCUT2D eigenvalue weighted by molar-refractivity contribution is 0.884. The van der Waals surface area contributed by atoms with Gasteiger partial charge in [-0.2, -0.15) is 10.4 Å². The molecular formula is C25H16ClN5. The minimum Gasteiger partial charge on any atom is -0.337 e. The van der Waals surface area contributed by atoms with E-state index >= 15 is 0 Å². The fraction of sp³-hybridized carbons (Fsp3) is 0. The summed E-state index contributed by atoms with van der Waals surface area (Å²) in [5, 5.41) is 15.3. The Bertz CT molecular complexity index is 1400. The van der Waals surface area contributed by atoms with E-state index in [9.17, 15) is 5.26 Å². The highest BCUT2D eigenvalue weighted by atomic mass is 35.5. The molecule has 6 heteroatoms. The van der Waals surface area contributed by atoms with Crippen molar-refractivity contribution in [1.29, 1.82) is 5.26 Å². The molecule has 0 aliphatic carbocycles. The Balaban J connectivity index is 1.66. The maximum absolute atomic E-state index is 9.86. The zero-order chi connectivity index (χ0) is 21.2. The number of nitrogens with zero attached hydrogens (tertiary/aromatic N) is 4. The molecule has 0 aliphatic rings. The van der Waals surface area contributed by atoms with Gasteiger partial charge in [0.05, 0.1) is 28.0 Å². The van der Waals surface area contributed by atoms with Gasteiger partial charge in [-0.3, -0.25) is 0 Å². The number of nitrogens with one attached hydrogen (secondary N) is 1. The van der Waals surface area contributed by atoms with E-state index in [1.165, 1.54) is 0 Å². The van der Waals surface area contributed by atoms with Crippen LogP contribution in [0.15, 0.2) is 85.1 Å². The fourth-order valence-electron chi connectivity index (χ4n) is 3.43. The van der Waals surface area contributed by atoms with Crippen LogP contribution in [0.4, 0.5) is 0 Å². The second-order valence-corrected chi connectivity index (χ2v) is 7.43. The molecule has 5 aromatic rings. The van der Waals surface area contributed by atoms with Crippen molar-refractivity contribution in [3.8, 4) is 23.0 Å². The van der Waals surface area contributed by atoms with E-state index in [1.54, 1.807) is 0 Å². The maximum Gasteiger partial charge on any atom is 0.149 e. The number of allylic oxidation sites excluding steroid dienone is 1. The standard InChI is InChI=1S/C25H16ClN5/c26-20-12-10-17(11-13-20)24-19(16-31(30-24)21-6-2-1-3-7-21)14-18(15-27)25-28-22-8-4-5-9-23(22)29-25/h1-14,16H,(H,28,29)/b18-14+. The molecule has 3 aromatic carbocycles. The molecule has 2 heterocycles. The van der Waals surface area contributed by atoms with Gasteiger partial charge in [0.15, 0.2) is 0 Å². The molecule has 0 fully saturated rings. The van der Waals surface area contributed by atoms with Crippen LogP contribution in [0, 0.1) is 11.3 Å². The van der Waals surface area contributed by atoms with Gasteiger partial charge in [-0.15, -0.1) is 0 Å². The predicted octanol–water partition coefficient (Wildman–Crippen LogP) is 6.13. The van der Waals surface area contributed by atoms with Crippen LogP contribution in [0.2, 0.25) is 5.02 Å². The van der Waals surface area contributed by atoms with Crippen molar-refractivity contribution in [3.63, 3.8) is 0 Å². The SMILES string of the molecule is N#C/C(=C\c1cn(-c2ccccc2)nc1-c1ccc(Cl)cc1)c1nc2ccccc2[nH]1. The Kier molecular flexibility index (Phi) is 4.83. The van der Waals surface area contributed by atoms with Gasteiger partial charge >= 0.3 is 0 Å². The molecule has 2 aromatic heterocycles. The van der Waals surface area contributed by atoms with Crippen LogP contribution in [0.25, 0.3) is 39.6 Å². The van der Waals surface area contributed by atoms with E-state index in [1.807, 2.05) is 95.8 Å². The predicted molar refractivity (Wildman–Crippen MR) is 124 cm³/mol. The summed E-state index contributed by atoms with van der Waals surface area (Å²) in [5.41, 5.74) is 5.53. The van der Waals surface area contributed by atoms with Gasteiger partial charge in [0.2, 0.25) is 0 Å². The van der Waals surface area contributed by atoms with Gasteiger partial charge in [-0.1, -0.05) is 54.1 Å². The summed E-state index contributed by atoms with van der Waals surface area (Å²) in [6, 6.07) is 27.3. The maximum atomic E-state index is 9.86. The highest BCUT2D eigenvalue weighted by molar-refractivity contribution is 6.30. The van der Waals surface area contributed by atoms with Crippen LogP contribution >= 0.6 is 11.6 Å². The number of para-hydroxylation sites is 3. The Labute approximate surface area is 183 Å². The molecule has 0 atom stereocenters. The molecule has 0 aliphatic heterocycles. The minimum atomic E-state index is 0.430. The van der Waals surface area contributed by atoms with Gasteiger partial charge in [-0.05, 0) is 42.5 Å². The number of rotatable bonds is 4. The molecule has 0 radical (unpaired) electrons. The van der Waals surface area contributed by atoms with Crippen LogP contribution in [0.1, 0.15) is 11.4 Å². The van der Waals surface area contributed by atoms with Gasteiger partial charge in [0.1, 0.15) is 11.9 Å². The summed E-state index contributed by atoms with van der Waals surface area (Å²) in [4.78, 5) is 7.79. The number of halogens is 1. The molecule has 5 rings (SSSR count). The van der Waals surface area contributed by atoms with Gasteiger partial charge in [-0.25, -0.2) is 9.67 Å². The Morgan fingerprint density at radius 1 is 0.968 bits per heavy atom. The van der Waals surface area contributed by atoms with Crippen molar-refractivity contribution >= 4 is 34.3 Å². The van der Waals surface area contributed by atoms with Crippen molar-refractivity contribution in [3.05, 3.63) is 101 Å². The fourth-order valence-corrected chi connectivity index (χ4v) is 3.55. The third-order valence-electron chi connectivity index (χ3n) is 4.95. The third-order valence-corrected chi connectivity index (χ3v) is 5.20. The Morgan fingerprint density at radius 3 is 2.45 bits per heavy atom.